The van der Waals surface area contributed by atoms with Gasteiger partial charge in [-0.15, -0.1) is 0 Å². The fourth-order valence-corrected chi connectivity index (χ4v) is 2.48. The van der Waals surface area contributed by atoms with Crippen molar-refractivity contribution in [3.05, 3.63) is 24.5 Å². The summed E-state index contributed by atoms with van der Waals surface area (Å²) in [4.78, 5) is 15.8. The highest BCUT2D eigenvalue weighted by Crippen LogP contribution is 2.27. The molecule has 1 aromatic rings. The van der Waals surface area contributed by atoms with E-state index >= 15 is 0 Å². The Hall–Kier alpha value is -1.58. The van der Waals surface area contributed by atoms with Gasteiger partial charge in [-0.3, -0.25) is 9.78 Å². The molecule has 0 aromatic carbocycles. The third-order valence-corrected chi connectivity index (χ3v) is 3.33. The van der Waals surface area contributed by atoms with Crippen LogP contribution < -0.4 is 5.32 Å². The second-order valence-corrected chi connectivity index (χ2v) is 4.70. The van der Waals surface area contributed by atoms with E-state index in [1.54, 1.807) is 6.20 Å². The fraction of sp³-hybridized carbons (Fsp3) is 0.571. The van der Waals surface area contributed by atoms with E-state index in [4.69, 9.17) is 4.74 Å². The fourth-order valence-electron chi connectivity index (χ4n) is 2.48. The predicted octanol–water partition coefficient (Wildman–Crippen LogP) is 2.62. The predicted molar refractivity (Wildman–Crippen MR) is 70.2 cm³/mol. The van der Waals surface area contributed by atoms with Crippen molar-refractivity contribution in [2.75, 3.05) is 11.9 Å². The van der Waals surface area contributed by atoms with Gasteiger partial charge < -0.3 is 10.1 Å². The van der Waals surface area contributed by atoms with E-state index < -0.39 is 0 Å². The van der Waals surface area contributed by atoms with Crippen LogP contribution in [0.3, 0.4) is 0 Å². The van der Waals surface area contributed by atoms with Crippen LogP contribution in [0.15, 0.2) is 24.5 Å². The second kappa shape index (κ2) is 6.38. The molecule has 0 saturated heterocycles. The summed E-state index contributed by atoms with van der Waals surface area (Å²) < 4.78 is 5.10. The van der Waals surface area contributed by atoms with Crippen LogP contribution in [-0.2, 0) is 9.53 Å². The third kappa shape index (κ3) is 3.45. The average molecular weight is 248 g/mol. The number of anilines is 1. The Kier molecular flexibility index (Phi) is 4.56. The van der Waals surface area contributed by atoms with Crippen LogP contribution in [0.2, 0.25) is 0 Å². The van der Waals surface area contributed by atoms with E-state index in [2.05, 4.69) is 10.3 Å². The number of nitrogens with one attached hydrogen (secondary N) is 1. The third-order valence-electron chi connectivity index (χ3n) is 3.33. The lowest BCUT2D eigenvalue weighted by atomic mass is 9.85. The van der Waals surface area contributed by atoms with Crippen LogP contribution in [-0.4, -0.2) is 23.6 Å². The number of carbonyl (C=O) groups excluding carboxylic acids is 1. The second-order valence-electron chi connectivity index (χ2n) is 4.70. The van der Waals surface area contributed by atoms with Crippen LogP contribution in [0.1, 0.15) is 32.6 Å². The molecular weight excluding hydrogens is 228 g/mol. The van der Waals surface area contributed by atoms with Crippen molar-refractivity contribution in [2.45, 2.75) is 38.6 Å². The molecule has 0 bridgehead atoms. The molecule has 1 fully saturated rings. The van der Waals surface area contributed by atoms with E-state index in [1.165, 1.54) is 0 Å². The van der Waals surface area contributed by atoms with Gasteiger partial charge in [0.05, 0.1) is 18.2 Å². The Labute approximate surface area is 108 Å². The Morgan fingerprint density at radius 3 is 3.17 bits per heavy atom. The van der Waals surface area contributed by atoms with Crippen molar-refractivity contribution in [1.82, 2.24) is 4.98 Å². The van der Waals surface area contributed by atoms with E-state index in [0.29, 0.717) is 12.6 Å². The Bertz CT molecular complexity index is 381. The van der Waals surface area contributed by atoms with Crippen molar-refractivity contribution >= 4 is 11.7 Å². The van der Waals surface area contributed by atoms with Crippen LogP contribution in [0.4, 0.5) is 5.69 Å². The lowest BCUT2D eigenvalue weighted by Gasteiger charge is -2.29. The Morgan fingerprint density at radius 2 is 2.44 bits per heavy atom. The molecule has 2 unspecified atom stereocenters. The zero-order chi connectivity index (χ0) is 12.8. The topological polar surface area (TPSA) is 51.2 Å². The Morgan fingerprint density at radius 1 is 1.56 bits per heavy atom. The molecular formula is C14H20N2O2. The summed E-state index contributed by atoms with van der Waals surface area (Å²) in [7, 11) is 0. The molecule has 0 aliphatic heterocycles. The molecule has 1 N–H and O–H groups in total. The van der Waals surface area contributed by atoms with Crippen LogP contribution >= 0.6 is 0 Å². The van der Waals surface area contributed by atoms with Crippen LogP contribution in [0.5, 0.6) is 0 Å². The van der Waals surface area contributed by atoms with Crippen molar-refractivity contribution < 1.29 is 9.53 Å². The van der Waals surface area contributed by atoms with Gasteiger partial charge in [-0.2, -0.15) is 0 Å². The number of aromatic nitrogens is 1. The number of carbonyl (C=O) groups is 1. The van der Waals surface area contributed by atoms with E-state index in [9.17, 15) is 4.79 Å². The molecule has 2 atom stereocenters. The van der Waals surface area contributed by atoms with Gasteiger partial charge in [0.25, 0.3) is 0 Å². The van der Waals surface area contributed by atoms with Gasteiger partial charge in [0.1, 0.15) is 0 Å². The van der Waals surface area contributed by atoms with Gasteiger partial charge in [0.2, 0.25) is 0 Å². The van der Waals surface area contributed by atoms with Crippen LogP contribution in [0.25, 0.3) is 0 Å². The SMILES string of the molecule is CCOC(=O)C1CCCC(Nc2cccnc2)C1. The first-order valence-corrected chi connectivity index (χ1v) is 6.62. The largest absolute Gasteiger partial charge is 0.466 e. The maximum absolute atomic E-state index is 11.7. The number of ether oxygens (including phenoxy) is 1. The molecule has 1 heterocycles. The minimum atomic E-state index is -0.0461. The molecule has 1 aliphatic carbocycles. The Balaban J connectivity index is 1.89. The molecule has 0 radical (unpaired) electrons. The number of rotatable bonds is 4. The molecule has 0 spiro atoms. The maximum Gasteiger partial charge on any atom is 0.308 e. The van der Waals surface area contributed by atoms with Gasteiger partial charge in [0, 0.05) is 18.4 Å². The normalized spacial score (nSPS) is 23.4. The van der Waals surface area contributed by atoms with Gasteiger partial charge in [-0.1, -0.05) is 6.42 Å². The summed E-state index contributed by atoms with van der Waals surface area (Å²) in [6.07, 6.45) is 7.55. The molecule has 1 aliphatic rings. The molecule has 1 aromatic heterocycles. The molecule has 98 valence electrons. The number of esters is 1. The summed E-state index contributed by atoms with van der Waals surface area (Å²) in [5.74, 6) is 0.00283. The van der Waals surface area contributed by atoms with Gasteiger partial charge >= 0.3 is 5.97 Å². The zero-order valence-electron chi connectivity index (χ0n) is 10.8. The quantitative estimate of drug-likeness (QED) is 0.832. The minimum absolute atomic E-state index is 0.0461. The van der Waals surface area contributed by atoms with E-state index in [1.807, 2.05) is 25.3 Å². The molecule has 2 rings (SSSR count). The molecule has 0 amide bonds. The van der Waals surface area contributed by atoms with Crippen molar-refractivity contribution in [3.63, 3.8) is 0 Å². The highest BCUT2D eigenvalue weighted by Gasteiger charge is 2.28. The summed E-state index contributed by atoms with van der Waals surface area (Å²) >= 11 is 0. The number of hydrogen-bond acceptors (Lipinski definition) is 4. The first kappa shape index (κ1) is 12.9. The monoisotopic (exact) mass is 248 g/mol. The smallest absolute Gasteiger partial charge is 0.308 e. The van der Waals surface area contributed by atoms with Crippen molar-refractivity contribution in [2.24, 2.45) is 5.92 Å². The van der Waals surface area contributed by atoms with Gasteiger partial charge in [-0.25, -0.2) is 0 Å². The maximum atomic E-state index is 11.7. The summed E-state index contributed by atoms with van der Waals surface area (Å²) in [6.45, 7) is 2.32. The van der Waals surface area contributed by atoms with Crippen molar-refractivity contribution in [1.29, 1.82) is 0 Å². The highest BCUT2D eigenvalue weighted by atomic mass is 16.5. The molecule has 4 nitrogen and oxygen atoms in total. The van der Waals surface area contributed by atoms with Gasteiger partial charge in [-0.05, 0) is 38.3 Å². The molecule has 1 saturated carbocycles. The first-order chi connectivity index (χ1) is 8.79. The first-order valence-electron chi connectivity index (χ1n) is 6.62. The van der Waals surface area contributed by atoms with Crippen molar-refractivity contribution in [3.8, 4) is 0 Å². The summed E-state index contributed by atoms with van der Waals surface area (Å²) in [5, 5.41) is 3.44. The number of pyridine rings is 1. The molecule has 18 heavy (non-hydrogen) atoms. The van der Waals surface area contributed by atoms with Gasteiger partial charge in [0.15, 0.2) is 0 Å². The average Bonchev–Trinajstić information content (AvgIpc) is 2.40. The highest BCUT2D eigenvalue weighted by molar-refractivity contribution is 5.72. The minimum Gasteiger partial charge on any atom is -0.466 e. The summed E-state index contributed by atoms with van der Waals surface area (Å²) in [5.41, 5.74) is 1.02. The molecule has 4 heteroatoms. The van der Waals surface area contributed by atoms with E-state index in [0.717, 1.165) is 31.4 Å². The standard InChI is InChI=1S/C14H20N2O2/c1-2-18-14(17)11-5-3-6-12(9-11)16-13-7-4-8-15-10-13/h4,7-8,10-12,16H,2-3,5-6,9H2,1H3. The summed E-state index contributed by atoms with van der Waals surface area (Å²) in [6, 6.07) is 4.26. The lowest BCUT2D eigenvalue weighted by molar-refractivity contribution is -0.149. The number of nitrogens with zero attached hydrogens (tertiary/aromatic N) is 1. The number of hydrogen-bond donors (Lipinski definition) is 1. The van der Waals surface area contributed by atoms with Crippen LogP contribution in [0, 0.1) is 5.92 Å². The van der Waals surface area contributed by atoms with E-state index in [-0.39, 0.29) is 11.9 Å². The lowest BCUT2D eigenvalue weighted by Crippen LogP contribution is -2.32. The zero-order valence-corrected chi connectivity index (χ0v) is 10.8.